The maximum atomic E-state index is 12.2. The molecule has 1 aliphatic heterocycles. The van der Waals surface area contributed by atoms with E-state index in [1.165, 1.54) is 19.3 Å². The molecule has 2 fully saturated rings. The minimum absolute atomic E-state index is 0.235. The van der Waals surface area contributed by atoms with E-state index in [0.717, 1.165) is 38.8 Å². The van der Waals surface area contributed by atoms with Crippen molar-refractivity contribution in [1.29, 1.82) is 0 Å². The van der Waals surface area contributed by atoms with Crippen molar-refractivity contribution in [1.82, 2.24) is 10.2 Å². The van der Waals surface area contributed by atoms with Crippen LogP contribution >= 0.6 is 0 Å². The number of oxime groups is 1. The second-order valence-electron chi connectivity index (χ2n) is 5.99. The van der Waals surface area contributed by atoms with Gasteiger partial charge in [0.05, 0.1) is 6.54 Å². The van der Waals surface area contributed by atoms with Crippen LogP contribution in [0.4, 0.5) is 0 Å². The fourth-order valence-electron chi connectivity index (χ4n) is 3.18. The highest BCUT2D eigenvalue weighted by molar-refractivity contribution is 5.81. The Labute approximate surface area is 120 Å². The fourth-order valence-corrected chi connectivity index (χ4v) is 3.18. The van der Waals surface area contributed by atoms with Gasteiger partial charge in [0.2, 0.25) is 5.91 Å². The lowest BCUT2D eigenvalue weighted by atomic mass is 9.88. The average Bonchev–Trinajstić information content (AvgIpc) is 2.50. The topological polar surface area (TPSA) is 91.0 Å². The predicted octanol–water partition coefficient (Wildman–Crippen LogP) is 0.894. The molecule has 1 heterocycles. The molecular weight excluding hydrogens is 256 g/mol. The van der Waals surface area contributed by atoms with Crippen LogP contribution in [0.5, 0.6) is 0 Å². The number of piperidine rings is 1. The van der Waals surface area contributed by atoms with Crippen molar-refractivity contribution in [3.05, 3.63) is 0 Å². The number of hydrogen-bond donors (Lipinski definition) is 3. The summed E-state index contributed by atoms with van der Waals surface area (Å²) in [5.41, 5.74) is 5.51. The van der Waals surface area contributed by atoms with Crippen LogP contribution in [-0.4, -0.2) is 47.5 Å². The van der Waals surface area contributed by atoms with Crippen LogP contribution in [0.1, 0.15) is 44.9 Å². The summed E-state index contributed by atoms with van der Waals surface area (Å²) >= 11 is 0. The molecule has 0 aromatic heterocycles. The Kier molecular flexibility index (Phi) is 5.64. The van der Waals surface area contributed by atoms with Gasteiger partial charge in [0.1, 0.15) is 0 Å². The fraction of sp³-hybridized carbons (Fsp3) is 0.857. The molecule has 1 saturated heterocycles. The minimum atomic E-state index is 0.235. The Morgan fingerprint density at radius 1 is 1.20 bits per heavy atom. The summed E-state index contributed by atoms with van der Waals surface area (Å²) in [7, 11) is 0. The predicted molar refractivity (Wildman–Crippen MR) is 77.6 cm³/mol. The van der Waals surface area contributed by atoms with Crippen molar-refractivity contribution in [2.75, 3.05) is 19.6 Å². The number of carbonyl (C=O) groups excluding carboxylic acids is 1. The Balaban J connectivity index is 1.69. The van der Waals surface area contributed by atoms with Crippen molar-refractivity contribution in [2.24, 2.45) is 16.8 Å². The molecule has 0 aromatic rings. The summed E-state index contributed by atoms with van der Waals surface area (Å²) in [5.74, 6) is 0.730. The maximum Gasteiger partial charge on any atom is 0.223 e. The van der Waals surface area contributed by atoms with Crippen LogP contribution in [0.15, 0.2) is 5.16 Å². The second-order valence-corrected chi connectivity index (χ2v) is 5.99. The van der Waals surface area contributed by atoms with Crippen molar-refractivity contribution >= 4 is 11.7 Å². The van der Waals surface area contributed by atoms with E-state index in [2.05, 4.69) is 15.4 Å². The second kappa shape index (κ2) is 7.47. The highest BCUT2D eigenvalue weighted by Crippen LogP contribution is 2.24. The third-order valence-electron chi connectivity index (χ3n) is 4.42. The molecule has 0 radical (unpaired) electrons. The lowest BCUT2D eigenvalue weighted by molar-refractivity contribution is -0.127. The summed E-state index contributed by atoms with van der Waals surface area (Å²) in [6, 6.07) is 0.285. The molecule has 2 aliphatic rings. The smallest absolute Gasteiger partial charge is 0.223 e. The van der Waals surface area contributed by atoms with Crippen molar-refractivity contribution in [2.45, 2.75) is 51.0 Å². The molecule has 0 aromatic carbocycles. The van der Waals surface area contributed by atoms with E-state index in [1.807, 2.05) is 0 Å². The van der Waals surface area contributed by atoms with Crippen LogP contribution < -0.4 is 11.1 Å². The van der Waals surface area contributed by atoms with E-state index in [4.69, 9.17) is 10.9 Å². The van der Waals surface area contributed by atoms with Gasteiger partial charge in [-0.25, -0.2) is 0 Å². The van der Waals surface area contributed by atoms with Crippen LogP contribution in [0.3, 0.4) is 0 Å². The lowest BCUT2D eigenvalue weighted by Gasteiger charge is -2.33. The Bertz CT molecular complexity index is 345. The monoisotopic (exact) mass is 282 g/mol. The molecule has 4 N–H and O–H groups in total. The molecule has 1 saturated carbocycles. The van der Waals surface area contributed by atoms with Gasteiger partial charge in [0, 0.05) is 25.0 Å². The van der Waals surface area contributed by atoms with Gasteiger partial charge >= 0.3 is 0 Å². The van der Waals surface area contributed by atoms with Gasteiger partial charge in [-0.1, -0.05) is 24.4 Å². The first-order valence-corrected chi connectivity index (χ1v) is 7.68. The quantitative estimate of drug-likeness (QED) is 0.309. The molecular formula is C14H26N4O2. The van der Waals surface area contributed by atoms with E-state index in [9.17, 15) is 4.79 Å². The van der Waals surface area contributed by atoms with Crippen molar-refractivity contribution < 1.29 is 10.0 Å². The first kappa shape index (κ1) is 15.1. The Hall–Kier alpha value is -1.30. The number of amidine groups is 1. The van der Waals surface area contributed by atoms with Crippen molar-refractivity contribution in [3.63, 3.8) is 0 Å². The van der Waals surface area contributed by atoms with E-state index in [-0.39, 0.29) is 23.7 Å². The lowest BCUT2D eigenvalue weighted by Crippen LogP contribution is -2.48. The van der Waals surface area contributed by atoms with Gasteiger partial charge in [0.25, 0.3) is 0 Å². The zero-order valence-electron chi connectivity index (χ0n) is 12.1. The van der Waals surface area contributed by atoms with Gasteiger partial charge in [-0.2, -0.15) is 0 Å². The molecule has 0 unspecified atom stereocenters. The first-order chi connectivity index (χ1) is 9.69. The number of nitrogens with two attached hydrogens (primary N) is 1. The average molecular weight is 282 g/mol. The number of nitrogens with zero attached hydrogens (tertiary/aromatic N) is 2. The highest BCUT2D eigenvalue weighted by Gasteiger charge is 2.25. The molecule has 0 bridgehead atoms. The van der Waals surface area contributed by atoms with Crippen LogP contribution in [0.2, 0.25) is 0 Å². The van der Waals surface area contributed by atoms with Crippen LogP contribution in [-0.2, 0) is 4.79 Å². The SMILES string of the molecule is NC(CN1CCC(NC(=O)C2CCCCC2)CC1)=NO. The molecule has 6 heteroatoms. The van der Waals surface area contributed by atoms with Gasteiger partial charge < -0.3 is 16.3 Å². The molecule has 114 valence electrons. The molecule has 2 rings (SSSR count). The summed E-state index contributed by atoms with van der Waals surface area (Å²) in [5, 5.41) is 14.8. The van der Waals surface area contributed by atoms with E-state index >= 15 is 0 Å². The zero-order valence-corrected chi connectivity index (χ0v) is 12.1. The third kappa shape index (κ3) is 4.37. The standard InChI is InChI=1S/C14H26N4O2/c15-13(17-20)10-18-8-6-12(7-9-18)16-14(19)11-4-2-1-3-5-11/h11-12,20H,1-10H2,(H2,15,17)(H,16,19). The summed E-state index contributed by atoms with van der Waals surface area (Å²) in [4.78, 5) is 14.3. The van der Waals surface area contributed by atoms with Crippen molar-refractivity contribution in [3.8, 4) is 0 Å². The maximum absolute atomic E-state index is 12.2. The zero-order chi connectivity index (χ0) is 14.4. The van der Waals surface area contributed by atoms with Gasteiger partial charge in [-0.15, -0.1) is 0 Å². The summed E-state index contributed by atoms with van der Waals surface area (Å²) in [6.07, 6.45) is 7.64. The molecule has 1 amide bonds. The number of rotatable bonds is 4. The summed E-state index contributed by atoms with van der Waals surface area (Å²) < 4.78 is 0. The minimum Gasteiger partial charge on any atom is -0.409 e. The Morgan fingerprint density at radius 3 is 2.45 bits per heavy atom. The Morgan fingerprint density at radius 2 is 1.85 bits per heavy atom. The van der Waals surface area contributed by atoms with Gasteiger partial charge in [-0.3, -0.25) is 9.69 Å². The first-order valence-electron chi connectivity index (χ1n) is 7.68. The number of likely N-dealkylation sites (tertiary alicyclic amines) is 1. The number of amides is 1. The van der Waals surface area contributed by atoms with Gasteiger partial charge in [0.15, 0.2) is 5.84 Å². The van der Waals surface area contributed by atoms with E-state index < -0.39 is 0 Å². The van der Waals surface area contributed by atoms with E-state index in [1.54, 1.807) is 0 Å². The third-order valence-corrected chi connectivity index (χ3v) is 4.42. The van der Waals surface area contributed by atoms with E-state index in [0.29, 0.717) is 6.54 Å². The van der Waals surface area contributed by atoms with Crippen LogP contribution in [0.25, 0.3) is 0 Å². The number of carbonyl (C=O) groups is 1. The molecule has 1 aliphatic carbocycles. The normalized spacial score (nSPS) is 23.7. The molecule has 6 nitrogen and oxygen atoms in total. The molecule has 20 heavy (non-hydrogen) atoms. The largest absolute Gasteiger partial charge is 0.409 e. The number of nitrogens with one attached hydrogen (secondary N) is 1. The molecule has 0 spiro atoms. The van der Waals surface area contributed by atoms with Crippen LogP contribution in [0, 0.1) is 5.92 Å². The number of hydrogen-bond acceptors (Lipinski definition) is 4. The highest BCUT2D eigenvalue weighted by atomic mass is 16.4. The summed E-state index contributed by atoms with van der Waals surface area (Å²) in [6.45, 7) is 2.26. The van der Waals surface area contributed by atoms with Gasteiger partial charge in [-0.05, 0) is 25.7 Å². The molecule has 0 atom stereocenters.